The summed E-state index contributed by atoms with van der Waals surface area (Å²) in [6, 6.07) is 10.7. The van der Waals surface area contributed by atoms with Gasteiger partial charge in [-0.25, -0.2) is 9.37 Å². The van der Waals surface area contributed by atoms with Crippen LogP contribution < -0.4 is 4.90 Å². The molecule has 0 saturated carbocycles. The van der Waals surface area contributed by atoms with Crippen molar-refractivity contribution < 1.29 is 22.4 Å². The van der Waals surface area contributed by atoms with Crippen LogP contribution >= 0.6 is 11.5 Å². The number of hydrogen-bond acceptors (Lipinski definition) is 5. The number of rotatable bonds is 4. The van der Waals surface area contributed by atoms with Crippen molar-refractivity contribution >= 4 is 22.6 Å². The monoisotopic (exact) mass is 464 g/mol. The molecule has 0 atom stereocenters. The molecule has 0 radical (unpaired) electrons. The van der Waals surface area contributed by atoms with Crippen LogP contribution in [0.15, 0.2) is 48.5 Å². The fraction of sp³-hybridized carbons (Fsp3) is 0.318. The van der Waals surface area contributed by atoms with E-state index in [0.717, 1.165) is 22.8 Å². The minimum absolute atomic E-state index is 0.0331. The summed E-state index contributed by atoms with van der Waals surface area (Å²) >= 11 is 1.26. The Bertz CT molecular complexity index is 1080. The number of carbonyl (C=O) groups excluding carboxylic acids is 1. The lowest BCUT2D eigenvalue weighted by molar-refractivity contribution is -0.137. The molecule has 4 rings (SSSR count). The van der Waals surface area contributed by atoms with E-state index in [4.69, 9.17) is 0 Å². The lowest BCUT2D eigenvalue weighted by atomic mass is 10.1. The summed E-state index contributed by atoms with van der Waals surface area (Å²) in [6.07, 6.45) is -3.34. The van der Waals surface area contributed by atoms with Gasteiger partial charge in [0.15, 0.2) is 0 Å². The van der Waals surface area contributed by atoms with Crippen LogP contribution in [0.4, 0.5) is 22.7 Å². The molecule has 3 aromatic rings. The summed E-state index contributed by atoms with van der Waals surface area (Å²) in [5.41, 5.74) is 0.109. The quantitative estimate of drug-likeness (QED) is 0.528. The number of anilines is 1. The molecule has 32 heavy (non-hydrogen) atoms. The van der Waals surface area contributed by atoms with E-state index in [-0.39, 0.29) is 11.4 Å². The molecule has 10 heteroatoms. The van der Waals surface area contributed by atoms with Gasteiger partial charge in [0.1, 0.15) is 11.6 Å². The topological polar surface area (TPSA) is 49.3 Å². The Morgan fingerprint density at radius 3 is 2.56 bits per heavy atom. The van der Waals surface area contributed by atoms with E-state index in [1.807, 2.05) is 4.90 Å². The van der Waals surface area contributed by atoms with Crippen molar-refractivity contribution in [3.05, 3.63) is 76.9 Å². The van der Waals surface area contributed by atoms with Crippen LogP contribution in [0.25, 0.3) is 0 Å². The number of halogens is 4. The zero-order chi connectivity index (χ0) is 22.7. The fourth-order valence-electron chi connectivity index (χ4n) is 3.55. The van der Waals surface area contributed by atoms with Gasteiger partial charge in [0.05, 0.1) is 5.56 Å². The molecule has 1 aliphatic heterocycles. The first-order valence-corrected chi connectivity index (χ1v) is 10.9. The van der Waals surface area contributed by atoms with E-state index >= 15 is 0 Å². The van der Waals surface area contributed by atoms with Gasteiger partial charge in [-0.3, -0.25) is 4.79 Å². The first-order valence-electron chi connectivity index (χ1n) is 10.1. The van der Waals surface area contributed by atoms with Crippen molar-refractivity contribution in [1.82, 2.24) is 14.3 Å². The predicted octanol–water partition coefficient (Wildman–Crippen LogP) is 4.64. The molecule has 1 aromatic heterocycles. The van der Waals surface area contributed by atoms with Crippen molar-refractivity contribution in [2.24, 2.45) is 0 Å². The summed E-state index contributed by atoms with van der Waals surface area (Å²) in [4.78, 5) is 21.0. The second-order valence-electron chi connectivity index (χ2n) is 7.51. The molecule has 1 amide bonds. The average molecular weight is 464 g/mol. The van der Waals surface area contributed by atoms with E-state index in [0.29, 0.717) is 44.8 Å². The smallest absolute Gasteiger partial charge is 0.345 e. The molecular formula is C22H20F4N4OS. The maximum atomic E-state index is 13.1. The van der Waals surface area contributed by atoms with Gasteiger partial charge in [-0.05, 0) is 42.3 Å². The highest BCUT2D eigenvalue weighted by Gasteiger charge is 2.31. The standard InChI is InChI=1S/C22H20F4N4OS/c23-18-7-5-15(6-8-18)13-19-27-21(32-28-19)30-10-2-9-29(11-12-30)20(31)16-3-1-4-17(14-16)22(24,25)26/h1,3-8,14H,2,9-13H2. The van der Waals surface area contributed by atoms with Gasteiger partial charge in [0.2, 0.25) is 5.13 Å². The van der Waals surface area contributed by atoms with E-state index < -0.39 is 17.6 Å². The van der Waals surface area contributed by atoms with Crippen LogP contribution in [0, 0.1) is 5.82 Å². The Morgan fingerprint density at radius 1 is 1.03 bits per heavy atom. The van der Waals surface area contributed by atoms with Gasteiger partial charge in [-0.15, -0.1) is 0 Å². The number of nitrogens with zero attached hydrogens (tertiary/aromatic N) is 4. The molecule has 1 saturated heterocycles. The zero-order valence-electron chi connectivity index (χ0n) is 17.0. The summed E-state index contributed by atoms with van der Waals surface area (Å²) in [7, 11) is 0. The van der Waals surface area contributed by atoms with Crippen LogP contribution in [-0.2, 0) is 12.6 Å². The Hall–Kier alpha value is -3.01. The van der Waals surface area contributed by atoms with Gasteiger partial charge < -0.3 is 9.80 Å². The maximum Gasteiger partial charge on any atom is 0.416 e. The Labute approximate surface area is 186 Å². The molecule has 2 aromatic carbocycles. The van der Waals surface area contributed by atoms with Crippen molar-refractivity contribution in [2.45, 2.75) is 19.0 Å². The lowest BCUT2D eigenvalue weighted by Gasteiger charge is -2.22. The predicted molar refractivity (Wildman–Crippen MR) is 113 cm³/mol. The van der Waals surface area contributed by atoms with E-state index in [1.54, 1.807) is 17.0 Å². The average Bonchev–Trinajstić information content (AvgIpc) is 3.09. The molecule has 0 aliphatic carbocycles. The first kappa shape index (κ1) is 22.2. The van der Waals surface area contributed by atoms with Crippen LogP contribution in [0.5, 0.6) is 0 Å². The number of alkyl halides is 3. The fourth-order valence-corrected chi connectivity index (χ4v) is 4.29. The molecule has 0 unspecified atom stereocenters. The number of aromatic nitrogens is 2. The molecule has 1 aliphatic rings. The minimum Gasteiger partial charge on any atom is -0.345 e. The third-order valence-electron chi connectivity index (χ3n) is 5.22. The van der Waals surface area contributed by atoms with Crippen LogP contribution in [-0.4, -0.2) is 46.3 Å². The minimum atomic E-state index is -4.49. The van der Waals surface area contributed by atoms with Gasteiger partial charge in [0.25, 0.3) is 5.91 Å². The second-order valence-corrected chi connectivity index (χ2v) is 8.24. The highest BCUT2D eigenvalue weighted by Crippen LogP contribution is 2.30. The van der Waals surface area contributed by atoms with Crippen molar-refractivity contribution in [2.75, 3.05) is 31.1 Å². The van der Waals surface area contributed by atoms with Crippen LogP contribution in [0.3, 0.4) is 0 Å². The van der Waals surface area contributed by atoms with Crippen LogP contribution in [0.2, 0.25) is 0 Å². The highest BCUT2D eigenvalue weighted by atomic mass is 32.1. The van der Waals surface area contributed by atoms with Gasteiger partial charge in [-0.1, -0.05) is 18.2 Å². The zero-order valence-corrected chi connectivity index (χ0v) is 17.8. The van der Waals surface area contributed by atoms with Crippen molar-refractivity contribution in [1.29, 1.82) is 0 Å². The summed E-state index contributed by atoms with van der Waals surface area (Å²) in [6.45, 7) is 2.00. The summed E-state index contributed by atoms with van der Waals surface area (Å²) < 4.78 is 56.4. The molecule has 0 N–H and O–H groups in total. The van der Waals surface area contributed by atoms with Crippen molar-refractivity contribution in [3.8, 4) is 0 Å². The number of benzene rings is 2. The van der Waals surface area contributed by atoms with Gasteiger partial charge in [0, 0.05) is 49.7 Å². The number of amides is 1. The second kappa shape index (κ2) is 9.23. The van der Waals surface area contributed by atoms with E-state index in [9.17, 15) is 22.4 Å². The molecule has 0 spiro atoms. The summed E-state index contributed by atoms with van der Waals surface area (Å²) in [5.74, 6) is -0.0700. The first-order chi connectivity index (χ1) is 15.3. The van der Waals surface area contributed by atoms with E-state index in [2.05, 4.69) is 9.36 Å². The Morgan fingerprint density at radius 2 is 1.81 bits per heavy atom. The molecule has 0 bridgehead atoms. The maximum absolute atomic E-state index is 13.1. The van der Waals surface area contributed by atoms with Gasteiger partial charge in [-0.2, -0.15) is 17.5 Å². The SMILES string of the molecule is O=C(c1cccc(C(F)(F)F)c1)N1CCCN(c2nc(Cc3ccc(F)cc3)ns2)CC1. The van der Waals surface area contributed by atoms with Crippen LogP contribution in [0.1, 0.15) is 33.7 Å². The van der Waals surface area contributed by atoms with Crippen molar-refractivity contribution in [3.63, 3.8) is 0 Å². The van der Waals surface area contributed by atoms with Gasteiger partial charge >= 0.3 is 6.18 Å². The highest BCUT2D eigenvalue weighted by molar-refractivity contribution is 7.09. The molecular weight excluding hydrogens is 444 g/mol. The summed E-state index contributed by atoms with van der Waals surface area (Å²) in [5, 5.41) is 0.732. The third kappa shape index (κ3) is 5.24. The largest absolute Gasteiger partial charge is 0.416 e. The molecule has 1 fully saturated rings. The molecule has 5 nitrogen and oxygen atoms in total. The molecule has 2 heterocycles. The Kier molecular flexibility index (Phi) is 6.40. The Balaban J connectivity index is 1.40. The number of carbonyl (C=O) groups is 1. The lowest BCUT2D eigenvalue weighted by Crippen LogP contribution is -2.35. The van der Waals surface area contributed by atoms with E-state index in [1.165, 1.54) is 35.8 Å². The third-order valence-corrected chi connectivity index (χ3v) is 6.04. The molecule has 168 valence electrons. The normalized spacial score (nSPS) is 15.0. The number of hydrogen-bond donors (Lipinski definition) is 0.